The smallest absolute Gasteiger partial charge is 0.277 e. The van der Waals surface area contributed by atoms with Crippen LogP contribution in [0.2, 0.25) is 0 Å². The Balaban J connectivity index is 1.72. The van der Waals surface area contributed by atoms with E-state index < -0.39 is 5.91 Å². The SMILES string of the molecule is COc1ccc(CNC(=O)CC(C)=NNC(=O)COc2ccc(C)cc2Br)cc1. The highest BCUT2D eigenvalue weighted by Gasteiger charge is 2.07. The van der Waals surface area contributed by atoms with Crippen LogP contribution < -0.4 is 20.2 Å². The summed E-state index contributed by atoms with van der Waals surface area (Å²) in [6.45, 7) is 3.86. The lowest BCUT2D eigenvalue weighted by Crippen LogP contribution is -2.28. The maximum atomic E-state index is 12.0. The quantitative estimate of drug-likeness (QED) is 0.442. The highest BCUT2D eigenvalue weighted by Crippen LogP contribution is 2.25. The van der Waals surface area contributed by atoms with Crippen molar-refractivity contribution in [3.8, 4) is 11.5 Å². The molecule has 0 atom stereocenters. The molecule has 0 radical (unpaired) electrons. The Bertz CT molecular complexity index is 882. The van der Waals surface area contributed by atoms with Crippen molar-refractivity contribution in [1.29, 1.82) is 0 Å². The minimum absolute atomic E-state index is 0.0841. The molecule has 2 aromatic carbocycles. The third-order valence-corrected chi connectivity index (χ3v) is 4.50. The Morgan fingerprint density at radius 3 is 2.48 bits per heavy atom. The van der Waals surface area contributed by atoms with Crippen LogP contribution in [0, 0.1) is 6.92 Å². The summed E-state index contributed by atoms with van der Waals surface area (Å²) in [7, 11) is 1.60. The van der Waals surface area contributed by atoms with Crippen LogP contribution in [0.25, 0.3) is 0 Å². The molecule has 0 unspecified atom stereocenters. The van der Waals surface area contributed by atoms with Gasteiger partial charge in [0.15, 0.2) is 6.61 Å². The molecule has 0 aromatic heterocycles. The van der Waals surface area contributed by atoms with Gasteiger partial charge in [-0.25, -0.2) is 5.43 Å². The van der Waals surface area contributed by atoms with E-state index in [1.54, 1.807) is 20.1 Å². The molecular weight excluding hydrogens is 438 g/mol. The molecule has 0 aliphatic rings. The summed E-state index contributed by atoms with van der Waals surface area (Å²) in [4.78, 5) is 23.9. The van der Waals surface area contributed by atoms with Crippen molar-refractivity contribution in [2.45, 2.75) is 26.8 Å². The predicted octanol–water partition coefficient (Wildman–Crippen LogP) is 3.34. The number of hydrogen-bond donors (Lipinski definition) is 2. The van der Waals surface area contributed by atoms with Gasteiger partial charge in [-0.15, -0.1) is 0 Å². The summed E-state index contributed by atoms with van der Waals surface area (Å²) in [5, 5.41) is 6.75. The molecule has 2 rings (SSSR count). The van der Waals surface area contributed by atoms with Crippen LogP contribution in [0.4, 0.5) is 0 Å². The largest absolute Gasteiger partial charge is 0.497 e. The van der Waals surface area contributed by atoms with Crippen molar-refractivity contribution in [3.63, 3.8) is 0 Å². The van der Waals surface area contributed by atoms with E-state index in [1.165, 1.54) is 0 Å². The molecule has 2 N–H and O–H groups in total. The van der Waals surface area contributed by atoms with Gasteiger partial charge in [0.2, 0.25) is 5.91 Å². The van der Waals surface area contributed by atoms with Crippen molar-refractivity contribution in [2.24, 2.45) is 5.10 Å². The van der Waals surface area contributed by atoms with Gasteiger partial charge in [-0.3, -0.25) is 9.59 Å². The molecule has 7 nitrogen and oxygen atoms in total. The minimum atomic E-state index is -0.407. The first-order valence-corrected chi connectivity index (χ1v) is 9.77. The number of carbonyl (C=O) groups excluding carboxylic acids is 2. The highest BCUT2D eigenvalue weighted by molar-refractivity contribution is 9.10. The van der Waals surface area contributed by atoms with E-state index >= 15 is 0 Å². The van der Waals surface area contributed by atoms with Gasteiger partial charge in [-0.2, -0.15) is 5.10 Å². The van der Waals surface area contributed by atoms with E-state index in [-0.39, 0.29) is 18.9 Å². The standard InChI is InChI=1S/C21H24BrN3O4/c1-14-4-9-19(18(22)10-14)29-13-21(27)25-24-15(2)11-20(26)23-12-16-5-7-17(28-3)8-6-16/h4-10H,11-13H2,1-3H3,(H,23,26)(H,25,27). The Labute approximate surface area is 178 Å². The zero-order valence-electron chi connectivity index (χ0n) is 16.6. The second kappa shape index (κ2) is 11.2. The molecule has 0 fully saturated rings. The van der Waals surface area contributed by atoms with Crippen molar-refractivity contribution < 1.29 is 19.1 Å². The summed E-state index contributed by atoms with van der Waals surface area (Å²) >= 11 is 3.39. The molecule has 0 heterocycles. The molecule has 0 spiro atoms. The fourth-order valence-corrected chi connectivity index (χ4v) is 2.94. The molecule has 0 saturated carbocycles. The molecule has 8 heteroatoms. The van der Waals surface area contributed by atoms with Gasteiger partial charge in [0.25, 0.3) is 5.91 Å². The van der Waals surface area contributed by atoms with E-state index in [0.717, 1.165) is 21.3 Å². The van der Waals surface area contributed by atoms with Gasteiger partial charge >= 0.3 is 0 Å². The lowest BCUT2D eigenvalue weighted by Gasteiger charge is -2.08. The molecule has 154 valence electrons. The first kappa shape index (κ1) is 22.4. The Morgan fingerprint density at radius 1 is 1.10 bits per heavy atom. The average Bonchev–Trinajstić information content (AvgIpc) is 2.70. The second-order valence-electron chi connectivity index (χ2n) is 6.41. The number of halogens is 1. The molecule has 0 aliphatic carbocycles. The number of carbonyl (C=O) groups is 2. The number of hydrogen-bond acceptors (Lipinski definition) is 5. The number of aryl methyl sites for hydroxylation is 1. The zero-order valence-corrected chi connectivity index (χ0v) is 18.2. The molecule has 29 heavy (non-hydrogen) atoms. The summed E-state index contributed by atoms with van der Waals surface area (Å²) in [6.07, 6.45) is 0.0841. The minimum Gasteiger partial charge on any atom is -0.497 e. The summed E-state index contributed by atoms with van der Waals surface area (Å²) < 4.78 is 11.3. The molecule has 2 amide bonds. The van der Waals surface area contributed by atoms with Crippen LogP contribution in [0.1, 0.15) is 24.5 Å². The lowest BCUT2D eigenvalue weighted by atomic mass is 10.2. The predicted molar refractivity (Wildman–Crippen MR) is 115 cm³/mol. The molecular formula is C21H24BrN3O4. The summed E-state index contributed by atoms with van der Waals surface area (Å²) in [6, 6.07) is 13.0. The monoisotopic (exact) mass is 461 g/mol. The van der Waals surface area contributed by atoms with Crippen molar-refractivity contribution in [3.05, 3.63) is 58.1 Å². The maximum absolute atomic E-state index is 12.0. The Morgan fingerprint density at radius 2 is 1.83 bits per heavy atom. The van der Waals surface area contributed by atoms with E-state index in [1.807, 2.05) is 43.3 Å². The highest BCUT2D eigenvalue weighted by atomic mass is 79.9. The zero-order chi connectivity index (χ0) is 21.2. The Kier molecular flexibility index (Phi) is 8.67. The normalized spacial score (nSPS) is 11.0. The van der Waals surface area contributed by atoms with Crippen LogP contribution in [-0.2, 0) is 16.1 Å². The van der Waals surface area contributed by atoms with Gasteiger partial charge in [-0.1, -0.05) is 18.2 Å². The molecule has 0 bridgehead atoms. The van der Waals surface area contributed by atoms with Gasteiger partial charge in [0.1, 0.15) is 11.5 Å². The number of methoxy groups -OCH3 is 1. The van der Waals surface area contributed by atoms with Gasteiger partial charge in [0.05, 0.1) is 18.0 Å². The first-order chi connectivity index (χ1) is 13.9. The maximum Gasteiger partial charge on any atom is 0.277 e. The molecule has 0 saturated heterocycles. The van der Waals surface area contributed by atoms with Crippen LogP contribution in [-0.4, -0.2) is 31.2 Å². The summed E-state index contributed by atoms with van der Waals surface area (Å²) in [5.74, 6) is 0.744. The summed E-state index contributed by atoms with van der Waals surface area (Å²) in [5.41, 5.74) is 4.92. The third-order valence-electron chi connectivity index (χ3n) is 3.88. The number of amides is 2. The van der Waals surface area contributed by atoms with E-state index in [9.17, 15) is 9.59 Å². The number of rotatable bonds is 9. The van der Waals surface area contributed by atoms with Crippen LogP contribution in [0.3, 0.4) is 0 Å². The van der Waals surface area contributed by atoms with Crippen molar-refractivity contribution in [2.75, 3.05) is 13.7 Å². The van der Waals surface area contributed by atoms with Crippen LogP contribution >= 0.6 is 15.9 Å². The number of hydrazone groups is 1. The van der Waals surface area contributed by atoms with E-state index in [0.29, 0.717) is 18.0 Å². The topological polar surface area (TPSA) is 89.0 Å². The van der Waals surface area contributed by atoms with Crippen molar-refractivity contribution >= 4 is 33.5 Å². The number of benzene rings is 2. The van der Waals surface area contributed by atoms with E-state index in [4.69, 9.17) is 9.47 Å². The van der Waals surface area contributed by atoms with Gasteiger partial charge in [0, 0.05) is 12.3 Å². The van der Waals surface area contributed by atoms with Crippen LogP contribution in [0.5, 0.6) is 11.5 Å². The first-order valence-electron chi connectivity index (χ1n) is 8.98. The number of ether oxygens (including phenoxy) is 2. The Hall–Kier alpha value is -2.87. The third kappa shape index (κ3) is 7.95. The molecule has 2 aromatic rings. The van der Waals surface area contributed by atoms with E-state index in [2.05, 4.69) is 31.8 Å². The fraction of sp³-hybridized carbons (Fsp3) is 0.286. The number of nitrogens with zero attached hydrogens (tertiary/aromatic N) is 1. The van der Waals surface area contributed by atoms with Crippen molar-refractivity contribution in [1.82, 2.24) is 10.7 Å². The lowest BCUT2D eigenvalue weighted by molar-refractivity contribution is -0.123. The molecule has 0 aliphatic heterocycles. The van der Waals surface area contributed by atoms with Gasteiger partial charge < -0.3 is 14.8 Å². The number of nitrogens with one attached hydrogen (secondary N) is 2. The van der Waals surface area contributed by atoms with Crippen LogP contribution in [0.15, 0.2) is 52.0 Å². The van der Waals surface area contributed by atoms with Gasteiger partial charge in [-0.05, 0) is 65.2 Å². The fourth-order valence-electron chi connectivity index (χ4n) is 2.33. The average molecular weight is 462 g/mol. The second-order valence-corrected chi connectivity index (χ2v) is 7.26.